The Labute approximate surface area is 159 Å². The average molecular weight is 366 g/mol. The molecule has 0 spiro atoms. The topological polar surface area (TPSA) is 59.4 Å². The molecule has 0 unspecified atom stereocenters. The van der Waals surface area contributed by atoms with E-state index < -0.39 is 0 Å². The van der Waals surface area contributed by atoms with Crippen LogP contribution in [0.25, 0.3) is 0 Å². The molecule has 0 atom stereocenters. The summed E-state index contributed by atoms with van der Waals surface area (Å²) in [4.78, 5) is 16.6. The van der Waals surface area contributed by atoms with Gasteiger partial charge in [-0.2, -0.15) is 5.26 Å². The molecule has 0 aromatic heterocycles. The third kappa shape index (κ3) is 5.28. The standard InChI is InChI=1S/C21H23FN4O/c22-20-5-2-1-4-18(20)16-25-10-3-11-26(13-12-25)21(27)15-24-19-8-6-17(14-23)7-9-19/h1-2,4-9,24H,3,10-13,15-16H2. The molecule has 1 aliphatic heterocycles. The van der Waals surface area contributed by atoms with Crippen molar-refractivity contribution in [2.45, 2.75) is 13.0 Å². The molecule has 1 heterocycles. The Balaban J connectivity index is 1.49. The lowest BCUT2D eigenvalue weighted by molar-refractivity contribution is -0.129. The molecule has 1 N–H and O–H groups in total. The number of nitrogens with zero attached hydrogens (tertiary/aromatic N) is 3. The first kappa shape index (κ1) is 18.9. The molecule has 1 saturated heterocycles. The van der Waals surface area contributed by atoms with E-state index in [0.29, 0.717) is 30.8 Å². The number of nitrogens with one attached hydrogen (secondary N) is 1. The van der Waals surface area contributed by atoms with Crippen molar-refractivity contribution in [1.82, 2.24) is 9.80 Å². The first-order valence-electron chi connectivity index (χ1n) is 9.13. The lowest BCUT2D eigenvalue weighted by Gasteiger charge is -2.22. The van der Waals surface area contributed by atoms with E-state index in [4.69, 9.17) is 5.26 Å². The van der Waals surface area contributed by atoms with Gasteiger partial charge in [0.25, 0.3) is 0 Å². The van der Waals surface area contributed by atoms with Gasteiger partial charge in [-0.3, -0.25) is 9.69 Å². The molecule has 140 valence electrons. The van der Waals surface area contributed by atoms with Gasteiger partial charge >= 0.3 is 0 Å². The summed E-state index contributed by atoms with van der Waals surface area (Å²) in [5, 5.41) is 11.9. The Morgan fingerprint density at radius 1 is 1.07 bits per heavy atom. The van der Waals surface area contributed by atoms with Crippen molar-refractivity contribution >= 4 is 11.6 Å². The van der Waals surface area contributed by atoms with Crippen molar-refractivity contribution in [3.05, 3.63) is 65.5 Å². The molecule has 5 nitrogen and oxygen atoms in total. The Bertz CT molecular complexity index is 816. The fourth-order valence-corrected chi connectivity index (χ4v) is 3.20. The third-order valence-electron chi connectivity index (χ3n) is 4.75. The zero-order chi connectivity index (χ0) is 19.1. The van der Waals surface area contributed by atoms with E-state index in [1.54, 1.807) is 30.3 Å². The molecule has 2 aromatic carbocycles. The zero-order valence-corrected chi connectivity index (χ0v) is 15.2. The minimum Gasteiger partial charge on any atom is -0.376 e. The molecule has 3 rings (SSSR count). The highest BCUT2D eigenvalue weighted by Gasteiger charge is 2.19. The molecule has 27 heavy (non-hydrogen) atoms. The highest BCUT2D eigenvalue weighted by atomic mass is 19.1. The molecule has 0 radical (unpaired) electrons. The van der Waals surface area contributed by atoms with E-state index in [9.17, 15) is 9.18 Å². The van der Waals surface area contributed by atoms with Crippen LogP contribution >= 0.6 is 0 Å². The molecule has 2 aromatic rings. The van der Waals surface area contributed by atoms with Crippen molar-refractivity contribution in [2.24, 2.45) is 0 Å². The van der Waals surface area contributed by atoms with E-state index in [1.807, 2.05) is 17.0 Å². The number of hydrogen-bond donors (Lipinski definition) is 1. The maximum atomic E-state index is 13.8. The number of rotatable bonds is 5. The van der Waals surface area contributed by atoms with Crippen LogP contribution in [0.3, 0.4) is 0 Å². The number of carbonyl (C=O) groups excluding carboxylic acids is 1. The number of hydrogen-bond acceptors (Lipinski definition) is 4. The predicted molar refractivity (Wildman–Crippen MR) is 103 cm³/mol. The third-order valence-corrected chi connectivity index (χ3v) is 4.75. The van der Waals surface area contributed by atoms with E-state index in [0.717, 1.165) is 25.2 Å². The van der Waals surface area contributed by atoms with E-state index in [2.05, 4.69) is 16.3 Å². The van der Waals surface area contributed by atoms with Gasteiger partial charge in [0.2, 0.25) is 5.91 Å². The van der Waals surface area contributed by atoms with Gasteiger partial charge in [0.1, 0.15) is 5.82 Å². The van der Waals surface area contributed by atoms with E-state index >= 15 is 0 Å². The Morgan fingerprint density at radius 3 is 2.59 bits per heavy atom. The van der Waals surface area contributed by atoms with Crippen LogP contribution in [0.4, 0.5) is 10.1 Å². The van der Waals surface area contributed by atoms with Crippen LogP contribution in [0.2, 0.25) is 0 Å². The quantitative estimate of drug-likeness (QED) is 0.884. The van der Waals surface area contributed by atoms with Crippen molar-refractivity contribution in [3.8, 4) is 6.07 Å². The highest BCUT2D eigenvalue weighted by Crippen LogP contribution is 2.13. The van der Waals surface area contributed by atoms with Gasteiger partial charge in [0, 0.05) is 44.0 Å². The summed E-state index contributed by atoms with van der Waals surface area (Å²) < 4.78 is 13.8. The van der Waals surface area contributed by atoms with E-state index in [-0.39, 0.29) is 18.3 Å². The smallest absolute Gasteiger partial charge is 0.241 e. The average Bonchev–Trinajstić information content (AvgIpc) is 2.94. The van der Waals surface area contributed by atoms with Gasteiger partial charge < -0.3 is 10.2 Å². The van der Waals surface area contributed by atoms with Crippen LogP contribution < -0.4 is 5.32 Å². The highest BCUT2D eigenvalue weighted by molar-refractivity contribution is 5.81. The Kier molecular flexibility index (Phi) is 6.39. The van der Waals surface area contributed by atoms with Gasteiger partial charge in [-0.1, -0.05) is 18.2 Å². The molecule has 0 saturated carbocycles. The molecule has 6 heteroatoms. The number of nitriles is 1. The van der Waals surface area contributed by atoms with Gasteiger partial charge in [-0.05, 0) is 36.8 Å². The largest absolute Gasteiger partial charge is 0.376 e. The van der Waals surface area contributed by atoms with Gasteiger partial charge in [-0.15, -0.1) is 0 Å². The summed E-state index contributed by atoms with van der Waals surface area (Å²) in [6, 6.07) is 15.9. The monoisotopic (exact) mass is 366 g/mol. The summed E-state index contributed by atoms with van der Waals surface area (Å²) >= 11 is 0. The van der Waals surface area contributed by atoms with Crippen LogP contribution in [-0.4, -0.2) is 48.4 Å². The maximum absolute atomic E-state index is 13.8. The molecule has 1 amide bonds. The van der Waals surface area contributed by atoms with Gasteiger partial charge in [-0.25, -0.2) is 4.39 Å². The lowest BCUT2D eigenvalue weighted by atomic mass is 10.2. The van der Waals surface area contributed by atoms with Crippen LogP contribution in [0.15, 0.2) is 48.5 Å². The second-order valence-electron chi connectivity index (χ2n) is 6.64. The molecule has 1 aliphatic rings. The Hall–Kier alpha value is -2.91. The zero-order valence-electron chi connectivity index (χ0n) is 15.2. The van der Waals surface area contributed by atoms with Crippen LogP contribution in [0.5, 0.6) is 0 Å². The molecular weight excluding hydrogens is 343 g/mol. The van der Waals surface area contributed by atoms with Crippen molar-refractivity contribution < 1.29 is 9.18 Å². The summed E-state index contributed by atoms with van der Waals surface area (Å²) in [6.07, 6.45) is 0.872. The number of benzene rings is 2. The fraction of sp³-hybridized carbons (Fsp3) is 0.333. The van der Waals surface area contributed by atoms with Gasteiger partial charge in [0.15, 0.2) is 0 Å². The summed E-state index contributed by atoms with van der Waals surface area (Å²) in [7, 11) is 0. The second-order valence-corrected chi connectivity index (χ2v) is 6.64. The minimum atomic E-state index is -0.179. The fourth-order valence-electron chi connectivity index (χ4n) is 3.20. The summed E-state index contributed by atoms with van der Waals surface area (Å²) in [6.45, 7) is 3.72. The van der Waals surface area contributed by atoms with Gasteiger partial charge in [0.05, 0.1) is 18.2 Å². The summed E-state index contributed by atoms with van der Waals surface area (Å²) in [5.41, 5.74) is 2.10. The molecule has 0 bridgehead atoms. The number of amides is 1. The van der Waals surface area contributed by atoms with Crippen molar-refractivity contribution in [3.63, 3.8) is 0 Å². The molecule has 1 fully saturated rings. The Morgan fingerprint density at radius 2 is 1.85 bits per heavy atom. The van der Waals surface area contributed by atoms with Crippen LogP contribution in [-0.2, 0) is 11.3 Å². The lowest BCUT2D eigenvalue weighted by Crippen LogP contribution is -2.38. The predicted octanol–water partition coefficient (Wildman–Crippen LogP) is 2.84. The normalized spacial score (nSPS) is 15.0. The van der Waals surface area contributed by atoms with Crippen LogP contribution in [0, 0.1) is 17.1 Å². The molecule has 0 aliphatic carbocycles. The number of anilines is 1. The second kappa shape index (κ2) is 9.15. The minimum absolute atomic E-state index is 0.0482. The van der Waals surface area contributed by atoms with Crippen molar-refractivity contribution in [1.29, 1.82) is 5.26 Å². The van der Waals surface area contributed by atoms with E-state index in [1.165, 1.54) is 6.07 Å². The SMILES string of the molecule is N#Cc1ccc(NCC(=O)N2CCCN(Cc3ccccc3F)CC2)cc1. The first-order chi connectivity index (χ1) is 13.2. The first-order valence-corrected chi connectivity index (χ1v) is 9.13. The number of halogens is 1. The number of carbonyl (C=O) groups is 1. The molecular formula is C21H23FN4O. The maximum Gasteiger partial charge on any atom is 0.241 e. The summed E-state index contributed by atoms with van der Waals surface area (Å²) in [5.74, 6) is -0.131. The van der Waals surface area contributed by atoms with Crippen molar-refractivity contribution in [2.75, 3.05) is 38.0 Å². The van der Waals surface area contributed by atoms with Crippen LogP contribution in [0.1, 0.15) is 17.5 Å².